The second-order valence-corrected chi connectivity index (χ2v) is 5.03. The highest BCUT2D eigenvalue weighted by Crippen LogP contribution is 2.35. The number of hydrogen-bond acceptors (Lipinski definition) is 4. The average Bonchev–Trinajstić information content (AvgIpc) is 2.50. The highest BCUT2D eigenvalue weighted by molar-refractivity contribution is 5.85. The molecular weight excluding hydrogens is 327 g/mol. The molecule has 0 aromatic heterocycles. The van der Waals surface area contributed by atoms with Crippen LogP contribution in [0.1, 0.15) is 39.0 Å². The predicted octanol–water partition coefficient (Wildman–Crippen LogP) is 5.27. The zero-order valence-corrected chi connectivity index (χ0v) is 13.4. The van der Waals surface area contributed by atoms with Gasteiger partial charge in [0.05, 0.1) is 6.61 Å². The molecule has 1 amide bonds. The number of anilines is 1. The smallest absolute Gasteiger partial charge is 0.490 e. The maximum absolute atomic E-state index is 12.5. The monoisotopic (exact) mass is 348 g/mol. The lowest BCUT2D eigenvalue weighted by atomic mass is 10.2. The Morgan fingerprint density at radius 3 is 2.50 bits per heavy atom. The van der Waals surface area contributed by atoms with E-state index in [4.69, 9.17) is 4.74 Å². The van der Waals surface area contributed by atoms with Crippen LogP contribution < -0.4 is 14.8 Å². The molecule has 0 spiro atoms. The zero-order valence-electron chi connectivity index (χ0n) is 13.4. The van der Waals surface area contributed by atoms with Gasteiger partial charge in [0.1, 0.15) is 7.11 Å². The van der Waals surface area contributed by atoms with Gasteiger partial charge >= 0.3 is 12.5 Å². The minimum absolute atomic E-state index is 0.0450. The summed E-state index contributed by atoms with van der Waals surface area (Å²) in [7, 11) is 2.90. The lowest BCUT2D eigenvalue weighted by molar-refractivity contribution is -0.275. The van der Waals surface area contributed by atoms with Crippen molar-refractivity contribution in [1.29, 1.82) is 0 Å². The highest BCUT2D eigenvalue weighted by Gasteiger charge is 2.32. The second-order valence-electron chi connectivity index (χ2n) is 5.03. The second kappa shape index (κ2) is 9.89. The first kappa shape index (κ1) is 19.9. The van der Waals surface area contributed by atoms with Gasteiger partial charge < -0.3 is 14.2 Å². The molecule has 0 fully saturated rings. The summed E-state index contributed by atoms with van der Waals surface area (Å²) in [6.45, 7) is 2.38. The average molecular weight is 348 g/mol. The van der Waals surface area contributed by atoms with Gasteiger partial charge in [0.15, 0.2) is 11.5 Å². The number of benzene rings is 1. The lowest BCUT2D eigenvalue weighted by Crippen LogP contribution is -2.18. The minimum atomic E-state index is -4.87. The van der Waals surface area contributed by atoms with E-state index in [1.807, 2.05) is 0 Å². The molecule has 0 aliphatic heterocycles. The van der Waals surface area contributed by atoms with Gasteiger partial charge in [0, 0.05) is 11.8 Å². The standard InChI is InChI=1S/C16H21F3NO4/c1-3-4-5-6-7-10-23-13-9-8-12(20-15(21)22-2)11-14(13)24-16(17,18)19/h8-9,11H,2-7,10H2,1H3,(H,20,21). The highest BCUT2D eigenvalue weighted by atomic mass is 19.4. The molecule has 0 aliphatic rings. The van der Waals surface area contributed by atoms with Crippen molar-refractivity contribution in [3.8, 4) is 11.5 Å². The van der Waals surface area contributed by atoms with E-state index in [2.05, 4.69) is 28.8 Å². The van der Waals surface area contributed by atoms with E-state index < -0.39 is 18.2 Å². The van der Waals surface area contributed by atoms with E-state index in [0.29, 0.717) is 0 Å². The van der Waals surface area contributed by atoms with Crippen molar-refractivity contribution in [3.05, 3.63) is 25.3 Å². The largest absolute Gasteiger partial charge is 0.573 e. The third-order valence-electron chi connectivity index (χ3n) is 3.05. The molecule has 0 bridgehead atoms. The van der Waals surface area contributed by atoms with Crippen LogP contribution in [-0.2, 0) is 4.74 Å². The maximum atomic E-state index is 12.5. The summed E-state index contributed by atoms with van der Waals surface area (Å²) < 4.78 is 51.0. The lowest BCUT2D eigenvalue weighted by Gasteiger charge is -2.15. The summed E-state index contributed by atoms with van der Waals surface area (Å²) in [5.74, 6) is -0.575. The number of hydrogen-bond donors (Lipinski definition) is 1. The molecule has 1 radical (unpaired) electrons. The van der Waals surface area contributed by atoms with Crippen molar-refractivity contribution in [2.75, 3.05) is 11.9 Å². The molecule has 135 valence electrons. The molecule has 1 N–H and O–H groups in total. The normalized spacial score (nSPS) is 11.0. The molecule has 0 saturated carbocycles. The number of unbranched alkanes of at least 4 members (excludes halogenated alkanes) is 4. The molecule has 0 heterocycles. The first-order valence-electron chi connectivity index (χ1n) is 7.61. The van der Waals surface area contributed by atoms with Crippen molar-refractivity contribution in [2.24, 2.45) is 0 Å². The first-order chi connectivity index (χ1) is 11.4. The Balaban J connectivity index is 2.72. The summed E-state index contributed by atoms with van der Waals surface area (Å²) in [6, 6.07) is 3.69. The van der Waals surface area contributed by atoms with Crippen molar-refractivity contribution >= 4 is 11.8 Å². The summed E-state index contributed by atoms with van der Waals surface area (Å²) in [5.41, 5.74) is 0.0678. The Morgan fingerprint density at radius 1 is 1.17 bits per heavy atom. The molecule has 1 aromatic carbocycles. The summed E-state index contributed by atoms with van der Waals surface area (Å²) in [6.07, 6.45) is -0.818. The van der Waals surface area contributed by atoms with E-state index in [1.54, 1.807) is 0 Å². The topological polar surface area (TPSA) is 56.8 Å². The summed E-state index contributed by atoms with van der Waals surface area (Å²) >= 11 is 0. The van der Waals surface area contributed by atoms with Gasteiger partial charge in [-0.3, -0.25) is 5.32 Å². The number of halogens is 3. The number of alkyl halides is 3. The van der Waals surface area contributed by atoms with Crippen molar-refractivity contribution < 1.29 is 32.2 Å². The number of carbonyl (C=O) groups is 1. The number of rotatable bonds is 9. The molecule has 0 saturated heterocycles. The molecule has 5 nitrogen and oxygen atoms in total. The number of ether oxygens (including phenoxy) is 3. The van der Waals surface area contributed by atoms with Crippen molar-refractivity contribution in [1.82, 2.24) is 0 Å². The van der Waals surface area contributed by atoms with Gasteiger partial charge in [-0.1, -0.05) is 32.6 Å². The van der Waals surface area contributed by atoms with E-state index in [1.165, 1.54) is 12.1 Å². The Labute approximate surface area is 139 Å². The van der Waals surface area contributed by atoms with Crippen LogP contribution in [0.3, 0.4) is 0 Å². The fourth-order valence-electron chi connectivity index (χ4n) is 1.95. The molecule has 0 aliphatic carbocycles. The number of nitrogens with one attached hydrogen (secondary N) is 1. The van der Waals surface area contributed by atoms with Gasteiger partial charge in [-0.25, -0.2) is 4.79 Å². The molecular formula is C16H21F3NO4. The van der Waals surface area contributed by atoms with E-state index in [-0.39, 0.29) is 18.0 Å². The summed E-state index contributed by atoms with van der Waals surface area (Å²) in [5, 5.41) is 2.21. The van der Waals surface area contributed by atoms with Gasteiger partial charge in [0.2, 0.25) is 0 Å². The van der Waals surface area contributed by atoms with Gasteiger partial charge in [0.25, 0.3) is 0 Å². The maximum Gasteiger partial charge on any atom is 0.573 e. The number of amides is 1. The van der Waals surface area contributed by atoms with Crippen LogP contribution in [0.4, 0.5) is 23.7 Å². The fourth-order valence-corrected chi connectivity index (χ4v) is 1.95. The van der Waals surface area contributed by atoms with E-state index in [9.17, 15) is 18.0 Å². The van der Waals surface area contributed by atoms with Crippen LogP contribution in [0.15, 0.2) is 18.2 Å². The molecule has 1 rings (SSSR count). The Hall–Kier alpha value is -2.12. The Kier molecular flexibility index (Phi) is 8.21. The summed E-state index contributed by atoms with van der Waals surface area (Å²) in [4.78, 5) is 11.1. The van der Waals surface area contributed by atoms with Crippen LogP contribution in [0, 0.1) is 7.11 Å². The van der Waals surface area contributed by atoms with Gasteiger partial charge in [-0.15, -0.1) is 13.2 Å². The van der Waals surface area contributed by atoms with Crippen LogP contribution in [0.5, 0.6) is 11.5 Å². The first-order valence-corrected chi connectivity index (χ1v) is 7.61. The van der Waals surface area contributed by atoms with E-state index >= 15 is 0 Å². The van der Waals surface area contributed by atoms with Crippen molar-refractivity contribution in [2.45, 2.75) is 45.4 Å². The third-order valence-corrected chi connectivity index (χ3v) is 3.05. The van der Waals surface area contributed by atoms with Crippen LogP contribution >= 0.6 is 0 Å². The quantitative estimate of drug-likeness (QED) is 0.617. The molecule has 0 unspecified atom stereocenters. The van der Waals surface area contributed by atoms with Crippen LogP contribution in [-0.4, -0.2) is 19.1 Å². The van der Waals surface area contributed by atoms with Crippen molar-refractivity contribution in [3.63, 3.8) is 0 Å². The predicted molar refractivity (Wildman–Crippen MR) is 82.8 cm³/mol. The molecule has 24 heavy (non-hydrogen) atoms. The zero-order chi connectivity index (χ0) is 18.0. The van der Waals surface area contributed by atoms with E-state index in [0.717, 1.165) is 38.2 Å². The fraction of sp³-hybridized carbons (Fsp3) is 0.500. The van der Waals surface area contributed by atoms with Gasteiger partial charge in [-0.2, -0.15) is 0 Å². The number of carbonyl (C=O) groups excluding carboxylic acids is 1. The Morgan fingerprint density at radius 2 is 1.88 bits per heavy atom. The minimum Gasteiger partial charge on any atom is -0.490 e. The molecule has 8 heteroatoms. The molecule has 1 aromatic rings. The van der Waals surface area contributed by atoms with Crippen LogP contribution in [0.2, 0.25) is 0 Å². The SMILES string of the molecule is [CH2]OC(=O)Nc1ccc(OCCCCCCC)c(OC(F)(F)F)c1. The van der Waals surface area contributed by atoms with Crippen LogP contribution in [0.25, 0.3) is 0 Å². The Bertz CT molecular complexity index is 521. The third kappa shape index (κ3) is 7.94. The van der Waals surface area contributed by atoms with Gasteiger partial charge in [-0.05, 0) is 18.6 Å². The molecule has 0 atom stereocenters.